The van der Waals surface area contributed by atoms with Gasteiger partial charge in [0.2, 0.25) is 0 Å². The van der Waals surface area contributed by atoms with Gasteiger partial charge >= 0.3 is 0 Å². The molecule has 0 fully saturated rings. The van der Waals surface area contributed by atoms with E-state index >= 15 is 0 Å². The van der Waals surface area contributed by atoms with Crippen LogP contribution >= 0.6 is 0 Å². The van der Waals surface area contributed by atoms with Gasteiger partial charge in [0.05, 0.1) is 5.56 Å². The average molecular weight is 273 g/mol. The first-order chi connectivity index (χ1) is 9.40. The van der Waals surface area contributed by atoms with Crippen LogP contribution in [-0.2, 0) is 0 Å². The van der Waals surface area contributed by atoms with Crippen LogP contribution in [0.1, 0.15) is 21.5 Å². The second-order valence-corrected chi connectivity index (χ2v) is 4.77. The van der Waals surface area contributed by atoms with Gasteiger partial charge in [-0.15, -0.1) is 0 Å². The number of hydrogen-bond acceptors (Lipinski definition) is 3. The Morgan fingerprint density at radius 3 is 2.45 bits per heavy atom. The minimum absolute atomic E-state index is 0.0841. The van der Waals surface area contributed by atoms with Gasteiger partial charge in [-0.3, -0.25) is 4.79 Å². The standard InChI is InChI=1S/C15H16FN3O/c1-9-6-10(2)8-11(7-9)19(3)15(20)12-4-5-18-14(17)13(12)16/h4-8H,1-3H3,(H2,17,18). The lowest BCUT2D eigenvalue weighted by Crippen LogP contribution is -2.27. The Morgan fingerprint density at radius 1 is 1.25 bits per heavy atom. The van der Waals surface area contributed by atoms with E-state index < -0.39 is 11.7 Å². The third-order valence-electron chi connectivity index (χ3n) is 3.04. The molecular weight excluding hydrogens is 257 g/mol. The van der Waals surface area contributed by atoms with Gasteiger partial charge in [0.1, 0.15) is 0 Å². The van der Waals surface area contributed by atoms with Crippen molar-refractivity contribution >= 4 is 17.4 Å². The number of carbonyl (C=O) groups is 1. The van der Waals surface area contributed by atoms with Gasteiger partial charge < -0.3 is 10.6 Å². The largest absolute Gasteiger partial charge is 0.381 e. The molecule has 0 spiro atoms. The molecule has 1 aromatic carbocycles. The summed E-state index contributed by atoms with van der Waals surface area (Å²) in [5.41, 5.74) is 8.09. The summed E-state index contributed by atoms with van der Waals surface area (Å²) < 4.78 is 13.9. The number of carbonyl (C=O) groups excluding carboxylic acids is 1. The summed E-state index contributed by atoms with van der Waals surface area (Å²) in [5, 5.41) is 0. The van der Waals surface area contributed by atoms with Crippen LogP contribution in [0.25, 0.3) is 0 Å². The molecule has 1 amide bonds. The lowest BCUT2D eigenvalue weighted by Gasteiger charge is -2.19. The molecule has 0 saturated carbocycles. The van der Waals surface area contributed by atoms with Crippen LogP contribution in [0.5, 0.6) is 0 Å². The second kappa shape index (κ2) is 5.28. The quantitative estimate of drug-likeness (QED) is 0.915. The number of nitrogens with zero attached hydrogens (tertiary/aromatic N) is 2. The Labute approximate surface area is 117 Å². The van der Waals surface area contributed by atoms with Gasteiger partial charge in [-0.25, -0.2) is 9.37 Å². The number of nitrogens with two attached hydrogens (primary N) is 1. The number of aromatic nitrogens is 1. The van der Waals surface area contributed by atoms with Crippen molar-refractivity contribution in [1.82, 2.24) is 4.98 Å². The van der Waals surface area contributed by atoms with E-state index in [9.17, 15) is 9.18 Å². The molecule has 4 nitrogen and oxygen atoms in total. The van der Waals surface area contributed by atoms with Crippen LogP contribution < -0.4 is 10.6 Å². The highest BCUT2D eigenvalue weighted by Crippen LogP contribution is 2.21. The van der Waals surface area contributed by atoms with Crippen LogP contribution in [0.2, 0.25) is 0 Å². The molecule has 0 aliphatic heterocycles. The van der Waals surface area contributed by atoms with Crippen molar-refractivity contribution in [3.05, 3.63) is 53.0 Å². The Balaban J connectivity index is 2.40. The number of pyridine rings is 1. The van der Waals surface area contributed by atoms with Crippen molar-refractivity contribution in [3.63, 3.8) is 0 Å². The first-order valence-corrected chi connectivity index (χ1v) is 6.16. The van der Waals surface area contributed by atoms with E-state index in [2.05, 4.69) is 4.98 Å². The lowest BCUT2D eigenvalue weighted by molar-refractivity contribution is 0.0989. The van der Waals surface area contributed by atoms with Crippen LogP contribution in [-0.4, -0.2) is 17.9 Å². The van der Waals surface area contributed by atoms with E-state index in [1.165, 1.54) is 17.2 Å². The smallest absolute Gasteiger partial charge is 0.261 e. The lowest BCUT2D eigenvalue weighted by atomic mass is 10.1. The molecule has 2 aromatic rings. The summed E-state index contributed by atoms with van der Waals surface area (Å²) in [6, 6.07) is 7.07. The molecule has 20 heavy (non-hydrogen) atoms. The summed E-state index contributed by atoms with van der Waals surface area (Å²) in [5.74, 6) is -1.51. The number of hydrogen-bond donors (Lipinski definition) is 1. The zero-order valence-electron chi connectivity index (χ0n) is 11.6. The van der Waals surface area contributed by atoms with Crippen LogP contribution in [0, 0.1) is 19.7 Å². The predicted octanol–water partition coefficient (Wildman–Crippen LogP) is 2.70. The number of halogens is 1. The van der Waals surface area contributed by atoms with Gasteiger partial charge in [0.15, 0.2) is 11.6 Å². The van der Waals surface area contributed by atoms with E-state index in [4.69, 9.17) is 5.73 Å². The number of rotatable bonds is 2. The highest BCUT2D eigenvalue weighted by molar-refractivity contribution is 6.06. The summed E-state index contributed by atoms with van der Waals surface area (Å²) in [6.07, 6.45) is 1.32. The van der Waals surface area contributed by atoms with E-state index in [0.717, 1.165) is 11.1 Å². The molecule has 0 bridgehead atoms. The maximum Gasteiger partial charge on any atom is 0.261 e. The van der Waals surface area contributed by atoms with Gasteiger partial charge in [-0.2, -0.15) is 0 Å². The number of nitrogen functional groups attached to an aromatic ring is 1. The van der Waals surface area contributed by atoms with Gasteiger partial charge in [0, 0.05) is 18.9 Å². The molecule has 0 aliphatic carbocycles. The molecule has 0 saturated heterocycles. The third-order valence-corrected chi connectivity index (χ3v) is 3.04. The first-order valence-electron chi connectivity index (χ1n) is 6.16. The first kappa shape index (κ1) is 14.0. The zero-order valence-corrected chi connectivity index (χ0v) is 11.6. The number of aryl methyl sites for hydroxylation is 2. The normalized spacial score (nSPS) is 10.4. The Hall–Kier alpha value is -2.43. The SMILES string of the molecule is Cc1cc(C)cc(N(C)C(=O)c2ccnc(N)c2F)c1. The van der Waals surface area contributed by atoms with Crippen molar-refractivity contribution < 1.29 is 9.18 Å². The third kappa shape index (κ3) is 2.61. The Bertz CT molecular complexity index is 650. The summed E-state index contributed by atoms with van der Waals surface area (Å²) in [7, 11) is 1.60. The summed E-state index contributed by atoms with van der Waals surface area (Å²) >= 11 is 0. The van der Waals surface area contributed by atoms with Gasteiger partial charge in [0.25, 0.3) is 5.91 Å². The average Bonchev–Trinajstić information content (AvgIpc) is 2.39. The van der Waals surface area contributed by atoms with Gasteiger partial charge in [-0.05, 0) is 43.2 Å². The van der Waals surface area contributed by atoms with E-state index in [0.29, 0.717) is 5.69 Å². The molecule has 5 heteroatoms. The molecule has 0 radical (unpaired) electrons. The minimum Gasteiger partial charge on any atom is -0.381 e. The van der Waals surface area contributed by atoms with Crippen LogP contribution in [0.15, 0.2) is 30.5 Å². The second-order valence-electron chi connectivity index (χ2n) is 4.77. The fourth-order valence-electron chi connectivity index (χ4n) is 2.07. The molecule has 0 unspecified atom stereocenters. The van der Waals surface area contributed by atoms with Crippen LogP contribution in [0.4, 0.5) is 15.9 Å². The monoisotopic (exact) mass is 273 g/mol. The van der Waals surface area contributed by atoms with Gasteiger partial charge in [-0.1, -0.05) is 6.07 Å². The Morgan fingerprint density at radius 2 is 1.85 bits per heavy atom. The highest BCUT2D eigenvalue weighted by atomic mass is 19.1. The Kier molecular flexibility index (Phi) is 3.70. The van der Waals surface area contributed by atoms with Crippen LogP contribution in [0.3, 0.4) is 0 Å². The van der Waals surface area contributed by atoms with Crippen molar-refractivity contribution in [2.45, 2.75) is 13.8 Å². The van der Waals surface area contributed by atoms with E-state index in [-0.39, 0.29) is 11.4 Å². The van der Waals surface area contributed by atoms with E-state index in [1.54, 1.807) is 7.05 Å². The van der Waals surface area contributed by atoms with Crippen molar-refractivity contribution in [3.8, 4) is 0 Å². The van der Waals surface area contributed by atoms with E-state index in [1.807, 2.05) is 32.0 Å². The zero-order chi connectivity index (χ0) is 14.9. The molecule has 1 heterocycles. The summed E-state index contributed by atoms with van der Waals surface area (Å²) in [6.45, 7) is 3.89. The molecular formula is C15H16FN3O. The maximum absolute atomic E-state index is 13.9. The van der Waals surface area contributed by atoms with Crippen molar-refractivity contribution in [2.24, 2.45) is 0 Å². The molecule has 1 aromatic heterocycles. The molecule has 0 aliphatic rings. The summed E-state index contributed by atoms with van der Waals surface area (Å²) in [4.78, 5) is 17.4. The molecule has 2 rings (SSSR count). The number of benzene rings is 1. The number of anilines is 2. The highest BCUT2D eigenvalue weighted by Gasteiger charge is 2.19. The molecule has 0 atom stereocenters. The van der Waals surface area contributed by atoms with Crippen molar-refractivity contribution in [2.75, 3.05) is 17.7 Å². The fourth-order valence-corrected chi connectivity index (χ4v) is 2.07. The van der Waals surface area contributed by atoms with Crippen molar-refractivity contribution in [1.29, 1.82) is 0 Å². The predicted molar refractivity (Wildman–Crippen MR) is 77.3 cm³/mol. The maximum atomic E-state index is 13.9. The fraction of sp³-hybridized carbons (Fsp3) is 0.200. The molecule has 104 valence electrons. The minimum atomic E-state index is -0.784. The molecule has 2 N–H and O–H groups in total. The topological polar surface area (TPSA) is 59.2 Å². The number of amides is 1.